The molecule has 0 bridgehead atoms. The molecule has 176 valence electrons. The van der Waals surface area contributed by atoms with Gasteiger partial charge in [-0.05, 0) is 67.3 Å². The second kappa shape index (κ2) is 14.3. The Hall–Kier alpha value is -1.90. The summed E-state index contributed by atoms with van der Waals surface area (Å²) in [6, 6.07) is 8.29. The molecular weight excluding hydrogens is 392 g/mol. The van der Waals surface area contributed by atoms with E-state index in [2.05, 4.69) is 48.1 Å². The number of aromatic nitrogens is 2. The fourth-order valence-corrected chi connectivity index (χ4v) is 4.93. The smallest absolute Gasteiger partial charge is 0.159 e. The van der Waals surface area contributed by atoms with Crippen molar-refractivity contribution in [2.24, 2.45) is 11.8 Å². The van der Waals surface area contributed by atoms with Gasteiger partial charge in [0.15, 0.2) is 5.82 Å². The summed E-state index contributed by atoms with van der Waals surface area (Å²) in [6.07, 6.45) is 22.6. The van der Waals surface area contributed by atoms with Crippen LogP contribution in [-0.2, 0) is 6.42 Å². The standard InChI is InChI=1S/C29H44N2O/c1-3-5-6-7-8-9-10-12-26-21-30-29(31-22-26)27-17-19-28(20-18-27)32-23-25-15-13-24(11-4-2)14-16-25/h17-22,24-25H,3-16,23H2,1-2H3/t24-,25-. The van der Waals surface area contributed by atoms with E-state index in [4.69, 9.17) is 4.74 Å². The molecule has 0 atom stereocenters. The molecule has 0 unspecified atom stereocenters. The van der Waals surface area contributed by atoms with Gasteiger partial charge in [-0.3, -0.25) is 0 Å². The van der Waals surface area contributed by atoms with Crippen molar-refractivity contribution >= 4 is 0 Å². The monoisotopic (exact) mass is 436 g/mol. The summed E-state index contributed by atoms with van der Waals surface area (Å²) in [6.45, 7) is 5.42. The second-order valence-corrected chi connectivity index (χ2v) is 9.80. The molecule has 1 aliphatic carbocycles. The van der Waals surface area contributed by atoms with Crippen molar-refractivity contribution in [1.82, 2.24) is 9.97 Å². The van der Waals surface area contributed by atoms with Crippen LogP contribution in [0.15, 0.2) is 36.7 Å². The molecule has 1 heterocycles. The van der Waals surface area contributed by atoms with E-state index in [9.17, 15) is 0 Å². The van der Waals surface area contributed by atoms with Gasteiger partial charge < -0.3 is 4.74 Å². The van der Waals surface area contributed by atoms with Crippen molar-refractivity contribution in [3.05, 3.63) is 42.2 Å². The molecule has 0 saturated heterocycles. The van der Waals surface area contributed by atoms with Gasteiger partial charge in [-0.25, -0.2) is 9.97 Å². The molecular formula is C29H44N2O. The lowest BCUT2D eigenvalue weighted by molar-refractivity contribution is 0.178. The summed E-state index contributed by atoms with van der Waals surface area (Å²) in [4.78, 5) is 9.22. The molecule has 32 heavy (non-hydrogen) atoms. The Bertz CT molecular complexity index is 733. The van der Waals surface area contributed by atoms with Crippen LogP contribution in [0.4, 0.5) is 0 Å². The average molecular weight is 437 g/mol. The van der Waals surface area contributed by atoms with Gasteiger partial charge in [0.25, 0.3) is 0 Å². The van der Waals surface area contributed by atoms with E-state index >= 15 is 0 Å². The average Bonchev–Trinajstić information content (AvgIpc) is 2.84. The van der Waals surface area contributed by atoms with Gasteiger partial charge in [0.1, 0.15) is 5.75 Å². The van der Waals surface area contributed by atoms with E-state index in [1.807, 2.05) is 12.4 Å². The highest BCUT2D eigenvalue weighted by atomic mass is 16.5. The van der Waals surface area contributed by atoms with Crippen LogP contribution in [0, 0.1) is 11.8 Å². The molecule has 3 rings (SSSR count). The molecule has 0 radical (unpaired) electrons. The maximum absolute atomic E-state index is 6.10. The minimum atomic E-state index is 0.718. The zero-order valence-electron chi connectivity index (χ0n) is 20.5. The molecule has 1 aliphatic rings. The maximum Gasteiger partial charge on any atom is 0.159 e. The van der Waals surface area contributed by atoms with Crippen LogP contribution in [0.25, 0.3) is 11.4 Å². The van der Waals surface area contributed by atoms with Gasteiger partial charge in [0.2, 0.25) is 0 Å². The fraction of sp³-hybridized carbons (Fsp3) is 0.655. The molecule has 3 heteroatoms. The van der Waals surface area contributed by atoms with Crippen LogP contribution in [0.1, 0.15) is 103 Å². The van der Waals surface area contributed by atoms with Crippen LogP contribution < -0.4 is 4.74 Å². The van der Waals surface area contributed by atoms with Gasteiger partial charge in [-0.15, -0.1) is 0 Å². The minimum Gasteiger partial charge on any atom is -0.493 e. The minimum absolute atomic E-state index is 0.718. The van der Waals surface area contributed by atoms with Crippen molar-refractivity contribution < 1.29 is 4.74 Å². The van der Waals surface area contributed by atoms with Crippen molar-refractivity contribution in [1.29, 1.82) is 0 Å². The predicted molar refractivity (Wildman–Crippen MR) is 135 cm³/mol. The zero-order valence-corrected chi connectivity index (χ0v) is 20.5. The highest BCUT2D eigenvalue weighted by molar-refractivity contribution is 5.55. The Morgan fingerprint density at radius 2 is 1.38 bits per heavy atom. The van der Waals surface area contributed by atoms with E-state index in [0.29, 0.717) is 0 Å². The largest absolute Gasteiger partial charge is 0.493 e. The van der Waals surface area contributed by atoms with E-state index in [1.165, 1.54) is 89.0 Å². The Kier molecular flexibility index (Phi) is 11.0. The quantitative estimate of drug-likeness (QED) is 0.279. The number of aryl methyl sites for hydroxylation is 1. The highest BCUT2D eigenvalue weighted by Crippen LogP contribution is 2.32. The number of hydrogen-bond donors (Lipinski definition) is 0. The van der Waals surface area contributed by atoms with Crippen LogP contribution in [0.5, 0.6) is 5.75 Å². The number of ether oxygens (including phenoxy) is 1. The van der Waals surface area contributed by atoms with Gasteiger partial charge in [-0.2, -0.15) is 0 Å². The number of unbranched alkanes of at least 4 members (excludes halogenated alkanes) is 6. The molecule has 0 aliphatic heterocycles. The normalized spacial score (nSPS) is 18.6. The molecule has 0 amide bonds. The Labute approximate surface area is 196 Å². The third-order valence-electron chi connectivity index (χ3n) is 7.04. The summed E-state index contributed by atoms with van der Waals surface area (Å²) in [5.74, 6) is 3.43. The predicted octanol–water partition coefficient (Wildman–Crippen LogP) is 8.42. The SMILES string of the molecule is CCCCCCCCCc1cnc(-c2ccc(OC[C@H]3CC[C@H](CCC)CC3)cc2)nc1. The molecule has 3 nitrogen and oxygen atoms in total. The maximum atomic E-state index is 6.10. The van der Waals surface area contributed by atoms with Crippen LogP contribution in [0.3, 0.4) is 0 Å². The number of hydrogen-bond acceptors (Lipinski definition) is 3. The lowest BCUT2D eigenvalue weighted by atomic mass is 9.80. The molecule has 1 saturated carbocycles. The molecule has 1 aromatic carbocycles. The van der Waals surface area contributed by atoms with Crippen molar-refractivity contribution in [3.63, 3.8) is 0 Å². The number of benzene rings is 1. The first-order chi connectivity index (χ1) is 15.8. The van der Waals surface area contributed by atoms with Gasteiger partial charge in [0, 0.05) is 18.0 Å². The number of nitrogens with zero attached hydrogens (tertiary/aromatic N) is 2. The highest BCUT2D eigenvalue weighted by Gasteiger charge is 2.21. The van der Waals surface area contributed by atoms with E-state index in [1.54, 1.807) is 0 Å². The molecule has 0 N–H and O–H groups in total. The summed E-state index contributed by atoms with van der Waals surface area (Å²) in [5.41, 5.74) is 2.30. The molecule has 1 fully saturated rings. The third-order valence-corrected chi connectivity index (χ3v) is 7.04. The Morgan fingerprint density at radius 3 is 2.03 bits per heavy atom. The van der Waals surface area contributed by atoms with Crippen LogP contribution >= 0.6 is 0 Å². The molecule has 0 spiro atoms. The van der Waals surface area contributed by atoms with Crippen LogP contribution in [0.2, 0.25) is 0 Å². The first kappa shape index (κ1) is 24.7. The summed E-state index contributed by atoms with van der Waals surface area (Å²) in [5, 5.41) is 0. The van der Waals surface area contributed by atoms with Gasteiger partial charge >= 0.3 is 0 Å². The third kappa shape index (κ3) is 8.56. The lowest BCUT2D eigenvalue weighted by Gasteiger charge is -2.28. The van der Waals surface area contributed by atoms with Gasteiger partial charge in [-0.1, -0.05) is 78.1 Å². The van der Waals surface area contributed by atoms with Crippen molar-refractivity contribution in [2.75, 3.05) is 6.61 Å². The molecule has 2 aromatic rings. The van der Waals surface area contributed by atoms with Crippen molar-refractivity contribution in [3.8, 4) is 17.1 Å². The lowest BCUT2D eigenvalue weighted by Crippen LogP contribution is -2.20. The van der Waals surface area contributed by atoms with E-state index in [0.717, 1.165) is 42.0 Å². The van der Waals surface area contributed by atoms with Crippen LogP contribution in [-0.4, -0.2) is 16.6 Å². The van der Waals surface area contributed by atoms with E-state index in [-0.39, 0.29) is 0 Å². The van der Waals surface area contributed by atoms with Crippen molar-refractivity contribution in [2.45, 2.75) is 104 Å². The van der Waals surface area contributed by atoms with E-state index < -0.39 is 0 Å². The Morgan fingerprint density at radius 1 is 0.750 bits per heavy atom. The summed E-state index contributed by atoms with van der Waals surface area (Å²) >= 11 is 0. The second-order valence-electron chi connectivity index (χ2n) is 9.80. The summed E-state index contributed by atoms with van der Waals surface area (Å²) < 4.78 is 6.10. The zero-order chi connectivity index (χ0) is 22.4. The molecule has 1 aromatic heterocycles. The van der Waals surface area contributed by atoms with Gasteiger partial charge in [0.05, 0.1) is 6.61 Å². The fourth-order valence-electron chi connectivity index (χ4n) is 4.93. The number of rotatable bonds is 14. The Balaban J connectivity index is 1.37. The summed E-state index contributed by atoms with van der Waals surface area (Å²) in [7, 11) is 0. The first-order valence-corrected chi connectivity index (χ1v) is 13.3. The topological polar surface area (TPSA) is 35.0 Å². The first-order valence-electron chi connectivity index (χ1n) is 13.3.